The van der Waals surface area contributed by atoms with Crippen LogP contribution in [0.5, 0.6) is 11.5 Å². The minimum Gasteiger partial charge on any atom is -0.507 e. The Morgan fingerprint density at radius 1 is 1.05 bits per heavy atom. The van der Waals surface area contributed by atoms with E-state index < -0.39 is 17.7 Å². The zero-order valence-electron chi connectivity index (χ0n) is 21.7. The molecule has 1 aliphatic heterocycles. The van der Waals surface area contributed by atoms with Crippen molar-refractivity contribution in [3.05, 3.63) is 83.2 Å². The highest BCUT2D eigenvalue weighted by Crippen LogP contribution is 2.45. The van der Waals surface area contributed by atoms with Crippen LogP contribution in [0.4, 0.5) is 5.13 Å². The molecule has 2 aromatic heterocycles. The lowest BCUT2D eigenvalue weighted by atomic mass is 9.87. The minimum atomic E-state index is -0.932. The van der Waals surface area contributed by atoms with Crippen LogP contribution in [0, 0.1) is 0 Å². The van der Waals surface area contributed by atoms with Crippen LogP contribution in [0.2, 0.25) is 0 Å². The van der Waals surface area contributed by atoms with Gasteiger partial charge in [-0.15, -0.1) is 0 Å². The van der Waals surface area contributed by atoms with Gasteiger partial charge in [-0.25, -0.2) is 4.98 Å². The van der Waals surface area contributed by atoms with E-state index in [-0.39, 0.29) is 22.3 Å². The van der Waals surface area contributed by atoms with Crippen LogP contribution < -0.4 is 14.4 Å². The van der Waals surface area contributed by atoms with Crippen LogP contribution >= 0.6 is 11.3 Å². The second kappa shape index (κ2) is 9.57. The summed E-state index contributed by atoms with van der Waals surface area (Å²) in [7, 11) is 2.97. The molecule has 1 atom stereocenters. The number of aliphatic hydroxyl groups excluding tert-OH is 1. The van der Waals surface area contributed by atoms with E-state index in [0.29, 0.717) is 22.2 Å². The Balaban J connectivity index is 1.71. The van der Waals surface area contributed by atoms with Gasteiger partial charge in [0.1, 0.15) is 17.3 Å². The minimum absolute atomic E-state index is 0.0604. The maximum absolute atomic E-state index is 13.5. The Morgan fingerprint density at radius 3 is 2.50 bits per heavy atom. The molecule has 4 aromatic rings. The second-order valence-electron chi connectivity index (χ2n) is 9.95. The zero-order valence-corrected chi connectivity index (χ0v) is 22.5. The number of Topliss-reactive ketones (excluding diaryl/α,β-unsaturated/α-hetero) is 1. The number of aromatic nitrogens is 2. The number of anilines is 1. The predicted molar refractivity (Wildman–Crippen MR) is 147 cm³/mol. The lowest BCUT2D eigenvalue weighted by Gasteiger charge is -2.22. The Morgan fingerprint density at radius 2 is 1.84 bits per heavy atom. The molecule has 194 valence electrons. The van der Waals surface area contributed by atoms with Crippen LogP contribution in [0.3, 0.4) is 0 Å². The molecule has 3 heterocycles. The fraction of sp³-hybridized carbons (Fsp3) is 0.241. The smallest absolute Gasteiger partial charge is 0.301 e. The first-order chi connectivity index (χ1) is 18.1. The first-order valence-corrected chi connectivity index (χ1v) is 12.8. The predicted octanol–water partition coefficient (Wildman–Crippen LogP) is 5.63. The molecule has 5 rings (SSSR count). The molecule has 1 amide bonds. The monoisotopic (exact) mass is 529 g/mol. The standard InChI is InChI=1S/C29H27N3O5S/c1-29(2,3)17-8-11-20-22(13-17)38-28(31-20)32-24(16-7-6-12-30-15-16)23(26(34)27(32)35)25(33)19-10-9-18(36-4)14-21(19)37-5/h6-15,24,33H,1-5H3/b25-23+. The maximum Gasteiger partial charge on any atom is 0.301 e. The molecule has 1 saturated heterocycles. The largest absolute Gasteiger partial charge is 0.507 e. The number of carbonyl (C=O) groups excluding carboxylic acids is 2. The van der Waals surface area contributed by atoms with Crippen LogP contribution in [0.1, 0.15) is 43.5 Å². The molecule has 0 radical (unpaired) electrons. The van der Waals surface area contributed by atoms with Gasteiger partial charge in [0.25, 0.3) is 5.78 Å². The number of benzene rings is 2. The lowest BCUT2D eigenvalue weighted by Crippen LogP contribution is -2.29. The van der Waals surface area contributed by atoms with Gasteiger partial charge in [0, 0.05) is 18.5 Å². The number of pyridine rings is 1. The third-order valence-electron chi connectivity index (χ3n) is 6.56. The number of carbonyl (C=O) groups is 2. The van der Waals surface area contributed by atoms with Gasteiger partial charge in [-0.3, -0.25) is 19.5 Å². The summed E-state index contributed by atoms with van der Waals surface area (Å²) >= 11 is 1.33. The van der Waals surface area contributed by atoms with Crippen LogP contribution in [-0.2, 0) is 15.0 Å². The van der Waals surface area contributed by atoms with Gasteiger partial charge in [0.2, 0.25) is 0 Å². The number of aliphatic hydroxyl groups is 1. The summed E-state index contributed by atoms with van der Waals surface area (Å²) in [4.78, 5) is 37.3. The number of methoxy groups -OCH3 is 2. The molecule has 0 bridgehead atoms. The van der Waals surface area contributed by atoms with Crippen LogP contribution in [0.15, 0.2) is 66.5 Å². The maximum atomic E-state index is 13.5. The van der Waals surface area contributed by atoms with Crippen molar-refractivity contribution in [2.45, 2.75) is 32.2 Å². The highest BCUT2D eigenvalue weighted by Gasteiger charge is 2.48. The molecule has 1 unspecified atom stereocenters. The van der Waals surface area contributed by atoms with Crippen molar-refractivity contribution in [2.75, 3.05) is 19.1 Å². The number of ketones is 1. The van der Waals surface area contributed by atoms with Crippen molar-refractivity contribution in [3.63, 3.8) is 0 Å². The van der Waals surface area contributed by atoms with Crippen molar-refractivity contribution in [1.82, 2.24) is 9.97 Å². The third kappa shape index (κ3) is 4.28. The normalized spacial score (nSPS) is 17.3. The lowest BCUT2D eigenvalue weighted by molar-refractivity contribution is -0.132. The number of fused-ring (bicyclic) bond motifs is 1. The summed E-state index contributed by atoms with van der Waals surface area (Å²) < 4.78 is 11.6. The Labute approximate surface area is 224 Å². The van der Waals surface area contributed by atoms with E-state index >= 15 is 0 Å². The second-order valence-corrected chi connectivity index (χ2v) is 11.0. The summed E-state index contributed by atoms with van der Waals surface area (Å²) in [5.41, 5.74) is 2.56. The highest BCUT2D eigenvalue weighted by molar-refractivity contribution is 7.22. The first-order valence-electron chi connectivity index (χ1n) is 12.0. The van der Waals surface area contributed by atoms with Gasteiger partial charge < -0.3 is 14.6 Å². The summed E-state index contributed by atoms with van der Waals surface area (Å²) in [5.74, 6) is -1.12. The number of hydrogen-bond acceptors (Lipinski definition) is 8. The van der Waals surface area contributed by atoms with Gasteiger partial charge in [-0.2, -0.15) is 0 Å². The van der Waals surface area contributed by atoms with Gasteiger partial charge in [0.05, 0.1) is 41.6 Å². The Kier molecular flexibility index (Phi) is 6.40. The summed E-state index contributed by atoms with van der Waals surface area (Å²) in [5, 5.41) is 11.8. The molecule has 0 aliphatic carbocycles. The number of nitrogens with zero attached hydrogens (tertiary/aromatic N) is 3. The van der Waals surface area contributed by atoms with E-state index in [1.54, 1.807) is 42.7 Å². The number of hydrogen-bond donors (Lipinski definition) is 1. The summed E-state index contributed by atoms with van der Waals surface area (Å²) in [6.07, 6.45) is 3.18. The molecule has 1 aliphatic rings. The van der Waals surface area contributed by atoms with E-state index in [0.717, 1.165) is 15.8 Å². The van der Waals surface area contributed by atoms with Gasteiger partial charge in [-0.05, 0) is 46.9 Å². The summed E-state index contributed by atoms with van der Waals surface area (Å²) in [6.45, 7) is 6.39. The molecule has 1 N–H and O–H groups in total. The van der Waals surface area contributed by atoms with Crippen molar-refractivity contribution in [3.8, 4) is 11.5 Å². The van der Waals surface area contributed by atoms with Gasteiger partial charge in [-0.1, -0.05) is 44.2 Å². The molecule has 38 heavy (non-hydrogen) atoms. The molecule has 0 saturated carbocycles. The number of thiazole rings is 1. The quantitative estimate of drug-likeness (QED) is 0.203. The molecular weight excluding hydrogens is 502 g/mol. The van der Waals surface area contributed by atoms with Crippen molar-refractivity contribution >= 4 is 44.1 Å². The zero-order chi connectivity index (χ0) is 27.2. The molecule has 1 fully saturated rings. The highest BCUT2D eigenvalue weighted by atomic mass is 32.1. The molecule has 8 nitrogen and oxygen atoms in total. The van der Waals surface area contributed by atoms with E-state index in [2.05, 4.69) is 31.8 Å². The number of ether oxygens (including phenoxy) is 2. The van der Waals surface area contributed by atoms with Crippen LogP contribution in [0.25, 0.3) is 16.0 Å². The SMILES string of the molecule is COc1ccc(/C(O)=C2\C(=O)C(=O)N(c3nc4ccc(C(C)(C)C)cc4s3)C2c2cccnc2)c(OC)c1. The first kappa shape index (κ1) is 25.4. The van der Waals surface area contributed by atoms with Crippen molar-refractivity contribution in [2.24, 2.45) is 0 Å². The van der Waals surface area contributed by atoms with E-state index in [4.69, 9.17) is 14.5 Å². The third-order valence-corrected chi connectivity index (χ3v) is 7.58. The molecule has 9 heteroatoms. The average Bonchev–Trinajstić information content (AvgIpc) is 3.45. The number of amides is 1. The average molecular weight is 530 g/mol. The Bertz CT molecular complexity index is 1590. The molecular formula is C29H27N3O5S. The molecule has 2 aromatic carbocycles. The van der Waals surface area contributed by atoms with E-state index in [1.807, 2.05) is 12.1 Å². The topological polar surface area (TPSA) is 102 Å². The molecule has 0 spiro atoms. The fourth-order valence-electron chi connectivity index (χ4n) is 4.50. The fourth-order valence-corrected chi connectivity index (χ4v) is 5.54. The number of rotatable bonds is 5. The Hall–Kier alpha value is -4.24. The van der Waals surface area contributed by atoms with Crippen LogP contribution in [-0.4, -0.2) is 41.0 Å². The van der Waals surface area contributed by atoms with Crippen molar-refractivity contribution < 1.29 is 24.2 Å². The van der Waals surface area contributed by atoms with Gasteiger partial charge in [0.15, 0.2) is 5.13 Å². The van der Waals surface area contributed by atoms with Gasteiger partial charge >= 0.3 is 5.91 Å². The van der Waals surface area contributed by atoms with E-state index in [9.17, 15) is 14.7 Å². The van der Waals surface area contributed by atoms with Crippen molar-refractivity contribution in [1.29, 1.82) is 0 Å². The van der Waals surface area contributed by atoms with E-state index in [1.165, 1.54) is 30.5 Å². The summed E-state index contributed by atoms with van der Waals surface area (Å²) in [6, 6.07) is 13.4.